The summed E-state index contributed by atoms with van der Waals surface area (Å²) >= 11 is 0. The van der Waals surface area contributed by atoms with Crippen molar-refractivity contribution in [3.8, 4) is 80.5 Å². The second-order valence-corrected chi connectivity index (χ2v) is 28.7. The number of ether oxygens (including phenoxy) is 19. The third-order valence-corrected chi connectivity index (χ3v) is 19.5. The Morgan fingerprint density at radius 1 is 0.221 bits per heavy atom. The summed E-state index contributed by atoms with van der Waals surface area (Å²) in [5.41, 5.74) is 5.03. The Labute approximate surface area is 719 Å². The topological polar surface area (TPSA) is 261 Å². The second-order valence-electron chi connectivity index (χ2n) is 28.7. The summed E-state index contributed by atoms with van der Waals surface area (Å²) in [6.07, 6.45) is 35.4. The molecule has 660 valence electrons. The monoisotopic (exact) mass is 1680 g/mol. The highest BCUT2D eigenvalue weighted by atomic mass is 16.6. The number of carbonyl (C=O) groups is 5. The number of unbranched alkanes of at least 4 members (excludes halogenated alkanes) is 20. The molecule has 0 heterocycles. The number of esters is 5. The number of hydrogen-bond acceptors (Lipinski definition) is 24. The van der Waals surface area contributed by atoms with Crippen molar-refractivity contribution in [2.45, 2.75) is 167 Å². The summed E-state index contributed by atoms with van der Waals surface area (Å²) in [4.78, 5) is 59.7. The van der Waals surface area contributed by atoms with E-state index in [1.165, 1.54) is 59.9 Å². The Kier molecular flexibility index (Phi) is 46.3. The minimum Gasteiger partial charge on any atom is -0.493 e. The van der Waals surface area contributed by atoms with Gasteiger partial charge in [0.05, 0.1) is 122 Å². The van der Waals surface area contributed by atoms with Crippen LogP contribution < -0.4 is 66.3 Å². The van der Waals surface area contributed by atoms with Gasteiger partial charge in [-0.1, -0.05) is 127 Å². The van der Waals surface area contributed by atoms with Gasteiger partial charge >= 0.3 is 29.8 Å². The quantitative estimate of drug-likeness (QED) is 0.0148. The highest BCUT2D eigenvalue weighted by molar-refractivity contribution is 5.91. The average Bonchev–Trinajstić information content (AvgIpc) is 0.836. The summed E-state index contributed by atoms with van der Waals surface area (Å²) in [6, 6.07) is 38.8. The molecule has 0 unspecified atom stereocenters. The number of rotatable bonds is 63. The summed E-state index contributed by atoms with van der Waals surface area (Å²) in [7, 11) is 13.1. The molecule has 0 fully saturated rings. The van der Waals surface area contributed by atoms with Crippen LogP contribution in [0.1, 0.15) is 198 Å². The molecule has 0 aliphatic carbocycles. The molecule has 0 bridgehead atoms. The summed E-state index contributed by atoms with van der Waals surface area (Å²) < 4.78 is 109. The highest BCUT2D eigenvalue weighted by Crippen LogP contribution is 2.35. The molecule has 24 heteroatoms. The van der Waals surface area contributed by atoms with Gasteiger partial charge in [0.25, 0.3) is 0 Å². The number of methoxy groups -OCH3 is 9. The molecule has 0 aliphatic heterocycles. The van der Waals surface area contributed by atoms with Crippen molar-refractivity contribution in [3.63, 3.8) is 0 Å². The minimum absolute atomic E-state index is 0.120. The summed E-state index contributed by atoms with van der Waals surface area (Å²) in [5, 5.41) is 0. The van der Waals surface area contributed by atoms with Crippen LogP contribution in [-0.4, -0.2) is 147 Å². The van der Waals surface area contributed by atoms with E-state index in [2.05, 4.69) is 0 Å². The van der Waals surface area contributed by atoms with Crippen molar-refractivity contribution in [2.24, 2.45) is 0 Å². The molecule has 0 saturated heterocycles. The van der Waals surface area contributed by atoms with Gasteiger partial charge in [0.15, 0.2) is 46.0 Å². The number of benzene rings is 7. The molecule has 0 radical (unpaired) electrons. The second kappa shape index (κ2) is 58.1. The molecule has 0 saturated carbocycles. The smallest absolute Gasteiger partial charge is 0.338 e. The summed E-state index contributed by atoms with van der Waals surface area (Å²) in [6.45, 7) is 4.47. The SMILES string of the molecule is COC(=O)C=Cc1ccc(OCCCCCCCCOc2cc(COc3cc(OCc4cc(OCCCCCCCCOc5ccc(C=CC(=O)OC)cc5OC)cc(OCCCCCCCCOc5ccc(C=CC(=O)OC)cc5OC)c4)cc(C(=O)OC)c3)cc(OCCCCCCCCOc3ccc(C=CC(=O)OC)cc3OC)c2)c(OC)c1. The first-order valence-electron chi connectivity index (χ1n) is 42.2. The maximum absolute atomic E-state index is 13.3. The predicted octanol–water partition coefficient (Wildman–Crippen LogP) is 20.6. The summed E-state index contributed by atoms with van der Waals surface area (Å²) in [5.74, 6) is 6.06. The van der Waals surface area contributed by atoms with E-state index in [1.807, 2.05) is 109 Å². The van der Waals surface area contributed by atoms with Crippen LogP contribution in [0.2, 0.25) is 0 Å². The molecular weight excluding hydrogens is 1560 g/mol. The lowest BCUT2D eigenvalue weighted by molar-refractivity contribution is -0.135. The van der Waals surface area contributed by atoms with Crippen LogP contribution in [-0.2, 0) is 56.1 Å². The molecule has 0 aromatic heterocycles. The fourth-order valence-electron chi connectivity index (χ4n) is 12.8. The van der Waals surface area contributed by atoms with Gasteiger partial charge in [0.1, 0.15) is 47.7 Å². The van der Waals surface area contributed by atoms with Crippen molar-refractivity contribution in [3.05, 3.63) is 191 Å². The highest BCUT2D eigenvalue weighted by Gasteiger charge is 2.17. The van der Waals surface area contributed by atoms with Crippen molar-refractivity contribution >= 4 is 54.2 Å². The van der Waals surface area contributed by atoms with E-state index < -0.39 is 29.8 Å². The van der Waals surface area contributed by atoms with Crippen LogP contribution in [0, 0.1) is 0 Å². The molecule has 7 aromatic carbocycles. The van der Waals surface area contributed by atoms with E-state index in [1.54, 1.807) is 70.9 Å². The molecule has 7 rings (SSSR count). The van der Waals surface area contributed by atoms with Crippen LogP contribution in [0.4, 0.5) is 0 Å². The van der Waals surface area contributed by atoms with E-state index in [4.69, 9.17) is 90.0 Å². The van der Waals surface area contributed by atoms with Crippen LogP contribution in [0.3, 0.4) is 0 Å². The van der Waals surface area contributed by atoms with Crippen LogP contribution in [0.25, 0.3) is 24.3 Å². The van der Waals surface area contributed by atoms with Crippen LogP contribution in [0.15, 0.2) is 152 Å². The first-order chi connectivity index (χ1) is 59.6. The predicted molar refractivity (Wildman–Crippen MR) is 470 cm³/mol. The zero-order valence-corrected chi connectivity index (χ0v) is 72.6. The van der Waals surface area contributed by atoms with E-state index in [0.717, 1.165) is 187 Å². The van der Waals surface area contributed by atoms with Crippen LogP contribution in [0.5, 0.6) is 80.5 Å². The fraction of sp³-hybridized carbons (Fsp3) is 0.439. The number of hydrogen-bond donors (Lipinski definition) is 0. The molecular formula is C98H124O24. The normalized spacial score (nSPS) is 11.2. The van der Waals surface area contributed by atoms with Crippen LogP contribution >= 0.6 is 0 Å². The van der Waals surface area contributed by atoms with Gasteiger partial charge in [-0.05, 0) is 194 Å². The zero-order valence-electron chi connectivity index (χ0n) is 72.6. The van der Waals surface area contributed by atoms with Gasteiger partial charge in [0.2, 0.25) is 0 Å². The molecule has 0 spiro atoms. The van der Waals surface area contributed by atoms with Gasteiger partial charge in [-0.3, -0.25) is 0 Å². The lowest BCUT2D eigenvalue weighted by Gasteiger charge is -2.15. The van der Waals surface area contributed by atoms with E-state index >= 15 is 0 Å². The Balaban J connectivity index is 0.934. The molecule has 7 aromatic rings. The molecule has 122 heavy (non-hydrogen) atoms. The number of carbonyl (C=O) groups excluding carboxylic acids is 5. The van der Waals surface area contributed by atoms with Crippen molar-refractivity contribution in [2.75, 3.05) is 117 Å². The Bertz CT molecular complexity index is 3910. The minimum atomic E-state index is -0.552. The Morgan fingerprint density at radius 2 is 0.434 bits per heavy atom. The lowest BCUT2D eigenvalue weighted by atomic mass is 10.1. The van der Waals surface area contributed by atoms with Gasteiger partial charge in [-0.2, -0.15) is 0 Å². The fourth-order valence-corrected chi connectivity index (χ4v) is 12.8. The largest absolute Gasteiger partial charge is 0.493 e. The first kappa shape index (κ1) is 97.2. The molecule has 0 N–H and O–H groups in total. The van der Waals surface area contributed by atoms with Crippen molar-refractivity contribution in [1.29, 1.82) is 0 Å². The van der Waals surface area contributed by atoms with E-state index in [9.17, 15) is 24.0 Å². The van der Waals surface area contributed by atoms with Crippen molar-refractivity contribution < 1.29 is 114 Å². The standard InChI is InChI=1S/C98H124O24/c1-104-90-62-73(38-46-94(99)108-5)34-42-86(90)117-54-30-22-14-10-18-26-50-113-80-58-77(59-81(68-80)114-51-27-19-11-15-23-31-55-118-87-43-35-74(63-91(87)105-2)39-47-95(100)109-6)71-121-84-66-79(98(103)112-9)67-85(70-84)122-72-78-60-82(115-52-28-20-12-16-24-32-56-119-88-44-36-75(64-92(88)106-3)40-48-96(101)110-7)69-83(61-78)116-53-29-21-13-17-25-33-57-120-89-45-37-76(65-93(89)107-4)41-49-97(102)111-8/h34-49,58-70H,10-33,50-57,71-72H2,1-9H3. The maximum Gasteiger partial charge on any atom is 0.338 e. The van der Waals surface area contributed by atoms with Gasteiger partial charge in [-0.15, -0.1) is 0 Å². The molecule has 0 atom stereocenters. The molecule has 0 amide bonds. The Hall–Kier alpha value is -12.0. The first-order valence-corrected chi connectivity index (χ1v) is 42.2. The Morgan fingerprint density at radius 3 is 0.648 bits per heavy atom. The molecule has 0 aliphatic rings. The van der Waals surface area contributed by atoms with E-state index in [0.29, 0.717) is 133 Å². The third-order valence-electron chi connectivity index (χ3n) is 19.5. The molecule has 24 nitrogen and oxygen atoms in total. The lowest BCUT2D eigenvalue weighted by Crippen LogP contribution is -2.06. The van der Waals surface area contributed by atoms with Gasteiger partial charge in [-0.25, -0.2) is 24.0 Å². The third kappa shape index (κ3) is 38.2. The van der Waals surface area contributed by atoms with E-state index in [-0.39, 0.29) is 18.8 Å². The zero-order chi connectivity index (χ0) is 87.0. The van der Waals surface area contributed by atoms with Gasteiger partial charge < -0.3 is 90.0 Å². The average molecular weight is 1690 g/mol. The maximum atomic E-state index is 13.3. The van der Waals surface area contributed by atoms with Gasteiger partial charge in [0, 0.05) is 42.5 Å². The van der Waals surface area contributed by atoms with Crippen molar-refractivity contribution in [1.82, 2.24) is 0 Å².